The molecular weight excluding hydrogens is 254 g/mol. The minimum atomic E-state index is -0.656. The van der Waals surface area contributed by atoms with Crippen molar-refractivity contribution in [1.29, 1.82) is 0 Å². The van der Waals surface area contributed by atoms with Gasteiger partial charge in [0.1, 0.15) is 12.7 Å². The van der Waals surface area contributed by atoms with Crippen LogP contribution in [-0.4, -0.2) is 21.5 Å². The first-order valence-corrected chi connectivity index (χ1v) is 6.85. The number of nitrogens with zero attached hydrogens (tertiary/aromatic N) is 2. The van der Waals surface area contributed by atoms with Gasteiger partial charge in [-0.3, -0.25) is 4.68 Å². The van der Waals surface area contributed by atoms with Crippen molar-refractivity contribution in [2.24, 2.45) is 5.73 Å². The number of hydrogen-bond acceptors (Lipinski definition) is 4. The normalized spacial score (nSPS) is 12.3. The number of rotatable bonds is 7. The van der Waals surface area contributed by atoms with E-state index in [4.69, 9.17) is 10.5 Å². The van der Waals surface area contributed by atoms with E-state index in [0.29, 0.717) is 12.3 Å². The molecule has 5 heteroatoms. The highest BCUT2D eigenvalue weighted by Gasteiger charge is 2.09. The van der Waals surface area contributed by atoms with E-state index >= 15 is 0 Å². The molecule has 0 aliphatic carbocycles. The van der Waals surface area contributed by atoms with E-state index in [-0.39, 0.29) is 6.61 Å². The number of aryl methyl sites for hydroxylation is 1. The van der Waals surface area contributed by atoms with E-state index in [1.807, 2.05) is 35.1 Å². The maximum atomic E-state index is 10.1. The number of aliphatic hydroxyl groups excluding tert-OH is 1. The molecule has 1 atom stereocenters. The highest BCUT2D eigenvalue weighted by Crippen LogP contribution is 2.16. The second kappa shape index (κ2) is 7.07. The fourth-order valence-electron chi connectivity index (χ4n) is 1.92. The van der Waals surface area contributed by atoms with Gasteiger partial charge in [0.2, 0.25) is 0 Å². The fourth-order valence-corrected chi connectivity index (χ4v) is 1.92. The Morgan fingerprint density at radius 1 is 1.35 bits per heavy atom. The molecule has 0 aliphatic rings. The maximum absolute atomic E-state index is 10.1. The van der Waals surface area contributed by atoms with Crippen LogP contribution >= 0.6 is 0 Å². The van der Waals surface area contributed by atoms with E-state index in [1.54, 1.807) is 6.20 Å². The molecule has 0 radical (unpaired) electrons. The number of benzene rings is 1. The van der Waals surface area contributed by atoms with E-state index in [1.165, 1.54) is 0 Å². The van der Waals surface area contributed by atoms with E-state index in [2.05, 4.69) is 12.0 Å². The lowest BCUT2D eigenvalue weighted by Gasteiger charge is -2.12. The third kappa shape index (κ3) is 3.82. The van der Waals surface area contributed by atoms with Crippen LogP contribution in [0.2, 0.25) is 0 Å². The molecule has 20 heavy (non-hydrogen) atoms. The molecule has 2 rings (SSSR count). The fraction of sp³-hybridized carbons (Fsp3) is 0.400. The van der Waals surface area contributed by atoms with Crippen molar-refractivity contribution in [1.82, 2.24) is 9.78 Å². The molecule has 0 fully saturated rings. The average Bonchev–Trinajstić information content (AvgIpc) is 2.93. The topological polar surface area (TPSA) is 73.3 Å². The number of hydrogen-bond donors (Lipinski definition) is 2. The van der Waals surface area contributed by atoms with Gasteiger partial charge in [0.25, 0.3) is 0 Å². The predicted molar refractivity (Wildman–Crippen MR) is 77.3 cm³/mol. The van der Waals surface area contributed by atoms with Crippen molar-refractivity contribution in [3.63, 3.8) is 0 Å². The van der Waals surface area contributed by atoms with Crippen molar-refractivity contribution in [2.75, 3.05) is 6.61 Å². The Kier molecular flexibility index (Phi) is 5.15. The van der Waals surface area contributed by atoms with Gasteiger partial charge in [-0.25, -0.2) is 0 Å². The number of aliphatic hydroxyl groups is 1. The Morgan fingerprint density at radius 3 is 2.75 bits per heavy atom. The van der Waals surface area contributed by atoms with Crippen LogP contribution in [0.5, 0.6) is 5.75 Å². The van der Waals surface area contributed by atoms with Gasteiger partial charge in [0.05, 0.1) is 12.4 Å². The van der Waals surface area contributed by atoms with Crippen LogP contribution < -0.4 is 10.5 Å². The van der Waals surface area contributed by atoms with Gasteiger partial charge in [-0.2, -0.15) is 5.10 Å². The Labute approximate surface area is 119 Å². The summed E-state index contributed by atoms with van der Waals surface area (Å²) in [6.07, 6.45) is 3.88. The summed E-state index contributed by atoms with van der Waals surface area (Å²) in [6, 6.07) is 7.57. The standard InChI is InChI=1S/C15H21N3O2/c1-2-7-18-10-14(9-17-18)20-11-15(19)13-5-3-12(8-16)4-6-13/h3-6,9-10,15,19H,2,7-8,11,16H2,1H3. The zero-order valence-corrected chi connectivity index (χ0v) is 11.7. The van der Waals surface area contributed by atoms with Crippen molar-refractivity contribution in [3.8, 4) is 5.75 Å². The van der Waals surface area contributed by atoms with E-state index in [9.17, 15) is 5.11 Å². The molecule has 0 amide bonds. The van der Waals surface area contributed by atoms with E-state index < -0.39 is 6.10 Å². The minimum Gasteiger partial charge on any atom is -0.487 e. The first-order chi connectivity index (χ1) is 9.72. The maximum Gasteiger partial charge on any atom is 0.157 e. The van der Waals surface area contributed by atoms with Gasteiger partial charge in [0, 0.05) is 13.1 Å². The first kappa shape index (κ1) is 14.6. The molecule has 1 aromatic carbocycles. The molecule has 5 nitrogen and oxygen atoms in total. The summed E-state index contributed by atoms with van der Waals surface area (Å²) in [7, 11) is 0. The summed E-state index contributed by atoms with van der Waals surface area (Å²) in [5, 5.41) is 14.2. The summed E-state index contributed by atoms with van der Waals surface area (Å²) in [4.78, 5) is 0. The van der Waals surface area contributed by atoms with E-state index in [0.717, 1.165) is 24.1 Å². The molecule has 2 aromatic rings. The van der Waals surface area contributed by atoms with Crippen molar-refractivity contribution >= 4 is 0 Å². The third-order valence-electron chi connectivity index (χ3n) is 3.07. The van der Waals surface area contributed by atoms with Crippen molar-refractivity contribution in [2.45, 2.75) is 32.5 Å². The zero-order valence-electron chi connectivity index (χ0n) is 11.7. The molecular formula is C15H21N3O2. The number of nitrogens with two attached hydrogens (primary N) is 1. The van der Waals surface area contributed by atoms with Crippen LogP contribution in [-0.2, 0) is 13.1 Å². The van der Waals surface area contributed by atoms with Gasteiger partial charge in [-0.05, 0) is 17.5 Å². The minimum absolute atomic E-state index is 0.208. The molecule has 0 saturated carbocycles. The van der Waals surface area contributed by atoms with Gasteiger partial charge in [-0.1, -0.05) is 31.2 Å². The SMILES string of the molecule is CCCn1cc(OCC(O)c2ccc(CN)cc2)cn1. The summed E-state index contributed by atoms with van der Waals surface area (Å²) in [5.74, 6) is 0.677. The largest absolute Gasteiger partial charge is 0.487 e. The lowest BCUT2D eigenvalue weighted by Crippen LogP contribution is -2.09. The van der Waals surface area contributed by atoms with Crippen molar-refractivity contribution in [3.05, 3.63) is 47.8 Å². The Bertz CT molecular complexity index is 522. The molecule has 108 valence electrons. The molecule has 0 bridgehead atoms. The van der Waals surface area contributed by atoms with Gasteiger partial charge >= 0.3 is 0 Å². The Morgan fingerprint density at radius 2 is 2.10 bits per heavy atom. The van der Waals surface area contributed by atoms with Crippen LogP contribution in [0.4, 0.5) is 0 Å². The Hall–Kier alpha value is -1.85. The lowest BCUT2D eigenvalue weighted by atomic mass is 10.1. The summed E-state index contributed by atoms with van der Waals surface area (Å²) >= 11 is 0. The molecule has 1 aromatic heterocycles. The van der Waals surface area contributed by atoms with Gasteiger partial charge in [-0.15, -0.1) is 0 Å². The van der Waals surface area contributed by atoms with Crippen LogP contribution in [0, 0.1) is 0 Å². The summed E-state index contributed by atoms with van der Waals surface area (Å²) in [5.41, 5.74) is 7.41. The number of ether oxygens (including phenoxy) is 1. The smallest absolute Gasteiger partial charge is 0.157 e. The molecule has 3 N–H and O–H groups in total. The monoisotopic (exact) mass is 275 g/mol. The molecule has 0 aliphatic heterocycles. The van der Waals surface area contributed by atoms with Gasteiger partial charge < -0.3 is 15.6 Å². The second-order valence-corrected chi connectivity index (χ2v) is 4.71. The lowest BCUT2D eigenvalue weighted by molar-refractivity contribution is 0.108. The molecule has 0 saturated heterocycles. The zero-order chi connectivity index (χ0) is 14.4. The average molecular weight is 275 g/mol. The van der Waals surface area contributed by atoms with Crippen LogP contribution in [0.15, 0.2) is 36.7 Å². The quantitative estimate of drug-likeness (QED) is 0.809. The Balaban J connectivity index is 1.88. The molecule has 1 heterocycles. The summed E-state index contributed by atoms with van der Waals surface area (Å²) < 4.78 is 7.38. The second-order valence-electron chi connectivity index (χ2n) is 4.71. The predicted octanol–water partition coefficient (Wildman–Crippen LogP) is 1.86. The van der Waals surface area contributed by atoms with Crippen LogP contribution in [0.3, 0.4) is 0 Å². The molecule has 0 spiro atoms. The van der Waals surface area contributed by atoms with Crippen LogP contribution in [0.1, 0.15) is 30.6 Å². The summed E-state index contributed by atoms with van der Waals surface area (Å²) in [6.45, 7) is 3.67. The highest BCUT2D eigenvalue weighted by atomic mass is 16.5. The first-order valence-electron chi connectivity index (χ1n) is 6.85. The molecule has 1 unspecified atom stereocenters. The van der Waals surface area contributed by atoms with Crippen molar-refractivity contribution < 1.29 is 9.84 Å². The third-order valence-corrected chi connectivity index (χ3v) is 3.07. The van der Waals surface area contributed by atoms with Crippen LogP contribution in [0.25, 0.3) is 0 Å². The number of aromatic nitrogens is 2. The van der Waals surface area contributed by atoms with Gasteiger partial charge in [0.15, 0.2) is 5.75 Å². The highest BCUT2D eigenvalue weighted by molar-refractivity contribution is 5.24.